The Morgan fingerprint density at radius 2 is 2.10 bits per heavy atom. The van der Waals surface area contributed by atoms with Crippen LogP contribution in [0.1, 0.15) is 39.5 Å². The smallest absolute Gasteiger partial charge is 0.224 e. The van der Waals surface area contributed by atoms with E-state index in [-0.39, 0.29) is 5.91 Å². The van der Waals surface area contributed by atoms with E-state index in [1.807, 2.05) is 18.2 Å². The topological polar surface area (TPSA) is 58.4 Å². The second kappa shape index (κ2) is 8.59. The molecule has 1 aromatic rings. The highest BCUT2D eigenvalue weighted by Gasteiger charge is 2.09. The van der Waals surface area contributed by atoms with Gasteiger partial charge in [0.1, 0.15) is 0 Å². The Kier molecular flexibility index (Phi) is 7.09. The average Bonchev–Trinajstić information content (AvgIpc) is 2.41. The number of hydrogen-bond donors (Lipinski definition) is 2. The molecule has 1 unspecified atom stereocenters. The van der Waals surface area contributed by atoms with Gasteiger partial charge in [0.25, 0.3) is 0 Å². The van der Waals surface area contributed by atoms with Crippen molar-refractivity contribution >= 4 is 17.3 Å². The van der Waals surface area contributed by atoms with E-state index in [1.165, 1.54) is 12.8 Å². The molecule has 1 aromatic carbocycles. The Bertz CT molecular complexity index is 420. The number of benzene rings is 1. The summed E-state index contributed by atoms with van der Waals surface area (Å²) in [5, 5.41) is 2.86. The molecule has 0 fully saturated rings. The van der Waals surface area contributed by atoms with Crippen LogP contribution in [0.3, 0.4) is 0 Å². The van der Waals surface area contributed by atoms with Crippen molar-refractivity contribution in [3.05, 3.63) is 24.3 Å². The highest BCUT2D eigenvalue weighted by molar-refractivity contribution is 5.93. The number of para-hydroxylation sites is 2. The van der Waals surface area contributed by atoms with Crippen molar-refractivity contribution in [2.45, 2.75) is 45.6 Å². The van der Waals surface area contributed by atoms with E-state index < -0.39 is 0 Å². The molecule has 112 valence electrons. The van der Waals surface area contributed by atoms with Crippen LogP contribution in [-0.4, -0.2) is 30.4 Å². The third kappa shape index (κ3) is 5.61. The molecular formula is C16H27N3O. The lowest BCUT2D eigenvalue weighted by Gasteiger charge is -2.24. The normalized spacial score (nSPS) is 12.4. The second-order valence-corrected chi connectivity index (χ2v) is 5.36. The number of carbonyl (C=O) groups is 1. The summed E-state index contributed by atoms with van der Waals surface area (Å²) in [5.41, 5.74) is 7.10. The highest BCUT2D eigenvalue weighted by Crippen LogP contribution is 2.17. The summed E-state index contributed by atoms with van der Waals surface area (Å²) in [7, 11) is 2.12. The molecule has 0 aliphatic rings. The molecule has 1 atom stereocenters. The standard InChI is InChI=1S/C16H27N3O/c1-4-8-13(2)19(3)12-7-11-16(20)18-15-10-6-5-9-14(15)17/h5-6,9-10,13H,4,7-8,11-12,17H2,1-3H3,(H,18,20). The van der Waals surface area contributed by atoms with Crippen LogP contribution in [0.25, 0.3) is 0 Å². The number of hydrogen-bond acceptors (Lipinski definition) is 3. The van der Waals surface area contributed by atoms with Crippen molar-refractivity contribution in [1.29, 1.82) is 0 Å². The first-order valence-electron chi connectivity index (χ1n) is 7.39. The van der Waals surface area contributed by atoms with Gasteiger partial charge in [-0.25, -0.2) is 0 Å². The van der Waals surface area contributed by atoms with Crippen molar-refractivity contribution in [2.24, 2.45) is 0 Å². The van der Waals surface area contributed by atoms with Crippen LogP contribution in [0, 0.1) is 0 Å². The number of nitrogen functional groups attached to an aromatic ring is 1. The Morgan fingerprint density at radius 1 is 1.40 bits per heavy atom. The lowest BCUT2D eigenvalue weighted by molar-refractivity contribution is -0.116. The molecule has 1 rings (SSSR count). The van der Waals surface area contributed by atoms with E-state index in [4.69, 9.17) is 5.73 Å². The van der Waals surface area contributed by atoms with Crippen LogP contribution >= 0.6 is 0 Å². The highest BCUT2D eigenvalue weighted by atomic mass is 16.1. The van der Waals surface area contributed by atoms with Gasteiger partial charge in [-0.1, -0.05) is 25.5 Å². The van der Waals surface area contributed by atoms with E-state index in [9.17, 15) is 4.79 Å². The predicted molar refractivity (Wildman–Crippen MR) is 85.7 cm³/mol. The zero-order chi connectivity index (χ0) is 15.0. The van der Waals surface area contributed by atoms with Gasteiger partial charge in [-0.05, 0) is 45.5 Å². The molecule has 3 N–H and O–H groups in total. The van der Waals surface area contributed by atoms with Crippen LogP contribution in [0.2, 0.25) is 0 Å². The minimum Gasteiger partial charge on any atom is -0.397 e. The van der Waals surface area contributed by atoms with Crippen molar-refractivity contribution < 1.29 is 4.79 Å². The molecule has 0 bridgehead atoms. The Morgan fingerprint density at radius 3 is 2.75 bits per heavy atom. The van der Waals surface area contributed by atoms with Gasteiger partial charge < -0.3 is 16.0 Å². The van der Waals surface area contributed by atoms with Crippen LogP contribution in [-0.2, 0) is 4.79 Å². The second-order valence-electron chi connectivity index (χ2n) is 5.36. The summed E-state index contributed by atoms with van der Waals surface area (Å²) in [4.78, 5) is 14.2. The Labute approximate surface area is 122 Å². The number of anilines is 2. The van der Waals surface area contributed by atoms with E-state index >= 15 is 0 Å². The third-order valence-corrected chi connectivity index (χ3v) is 3.61. The molecule has 0 spiro atoms. The number of nitrogens with zero attached hydrogens (tertiary/aromatic N) is 1. The number of amides is 1. The fraction of sp³-hybridized carbons (Fsp3) is 0.562. The molecule has 0 aliphatic heterocycles. The molecule has 0 heterocycles. The zero-order valence-electron chi connectivity index (χ0n) is 12.9. The summed E-state index contributed by atoms with van der Waals surface area (Å²) in [6.07, 6.45) is 3.78. The Hall–Kier alpha value is -1.55. The molecule has 0 saturated heterocycles. The number of nitrogens with two attached hydrogens (primary N) is 1. The van der Waals surface area contributed by atoms with Gasteiger partial charge in [-0.2, -0.15) is 0 Å². The molecule has 0 radical (unpaired) electrons. The molecule has 4 nitrogen and oxygen atoms in total. The molecule has 20 heavy (non-hydrogen) atoms. The summed E-state index contributed by atoms with van der Waals surface area (Å²) in [6, 6.07) is 7.91. The first kappa shape index (κ1) is 16.5. The van der Waals surface area contributed by atoms with Crippen LogP contribution in [0.5, 0.6) is 0 Å². The van der Waals surface area contributed by atoms with Crippen molar-refractivity contribution in [3.63, 3.8) is 0 Å². The van der Waals surface area contributed by atoms with Crippen molar-refractivity contribution in [3.8, 4) is 0 Å². The van der Waals surface area contributed by atoms with Crippen molar-refractivity contribution in [1.82, 2.24) is 4.90 Å². The molecular weight excluding hydrogens is 250 g/mol. The fourth-order valence-corrected chi connectivity index (χ4v) is 2.17. The van der Waals surface area contributed by atoms with Crippen molar-refractivity contribution in [2.75, 3.05) is 24.6 Å². The van der Waals surface area contributed by atoms with Crippen LogP contribution < -0.4 is 11.1 Å². The number of carbonyl (C=O) groups excluding carboxylic acids is 1. The van der Waals surface area contributed by atoms with E-state index in [2.05, 4.69) is 31.1 Å². The maximum atomic E-state index is 11.9. The van der Waals surface area contributed by atoms with Gasteiger partial charge in [0, 0.05) is 12.5 Å². The van der Waals surface area contributed by atoms with Gasteiger partial charge in [-0.3, -0.25) is 4.79 Å². The van der Waals surface area contributed by atoms with Gasteiger partial charge >= 0.3 is 0 Å². The van der Waals surface area contributed by atoms with Crippen LogP contribution in [0.4, 0.5) is 11.4 Å². The fourth-order valence-electron chi connectivity index (χ4n) is 2.17. The largest absolute Gasteiger partial charge is 0.397 e. The van der Waals surface area contributed by atoms with Crippen LogP contribution in [0.15, 0.2) is 24.3 Å². The summed E-state index contributed by atoms with van der Waals surface area (Å²) in [5.74, 6) is 0.0273. The third-order valence-electron chi connectivity index (χ3n) is 3.61. The minimum atomic E-state index is 0.0273. The molecule has 4 heteroatoms. The number of nitrogens with one attached hydrogen (secondary N) is 1. The molecule has 0 saturated carbocycles. The summed E-state index contributed by atoms with van der Waals surface area (Å²) in [6.45, 7) is 5.37. The lowest BCUT2D eigenvalue weighted by Crippen LogP contribution is -2.30. The van der Waals surface area contributed by atoms with E-state index in [0.717, 1.165) is 13.0 Å². The number of rotatable bonds is 8. The van der Waals surface area contributed by atoms with E-state index in [0.29, 0.717) is 23.8 Å². The quantitative estimate of drug-likeness (QED) is 0.718. The molecule has 1 amide bonds. The maximum Gasteiger partial charge on any atom is 0.224 e. The molecule has 0 aliphatic carbocycles. The minimum absolute atomic E-state index is 0.0273. The van der Waals surface area contributed by atoms with Gasteiger partial charge in [0.2, 0.25) is 5.91 Å². The first-order chi connectivity index (χ1) is 9.54. The van der Waals surface area contributed by atoms with Gasteiger partial charge in [-0.15, -0.1) is 0 Å². The van der Waals surface area contributed by atoms with Gasteiger partial charge in [0.15, 0.2) is 0 Å². The Balaban J connectivity index is 2.29. The molecule has 0 aromatic heterocycles. The first-order valence-corrected chi connectivity index (χ1v) is 7.39. The zero-order valence-corrected chi connectivity index (χ0v) is 12.9. The lowest BCUT2D eigenvalue weighted by atomic mass is 10.1. The van der Waals surface area contributed by atoms with E-state index in [1.54, 1.807) is 6.07 Å². The average molecular weight is 277 g/mol. The van der Waals surface area contributed by atoms with Gasteiger partial charge in [0.05, 0.1) is 11.4 Å². The monoisotopic (exact) mass is 277 g/mol. The summed E-state index contributed by atoms with van der Waals surface area (Å²) >= 11 is 0. The maximum absolute atomic E-state index is 11.9. The SMILES string of the molecule is CCCC(C)N(C)CCCC(=O)Nc1ccccc1N. The summed E-state index contributed by atoms with van der Waals surface area (Å²) < 4.78 is 0. The predicted octanol–water partition coefficient (Wildman–Crippen LogP) is 3.11.